The van der Waals surface area contributed by atoms with Gasteiger partial charge in [0.25, 0.3) is 0 Å². The lowest BCUT2D eigenvalue weighted by Crippen LogP contribution is -2.50. The summed E-state index contributed by atoms with van der Waals surface area (Å²) in [7, 11) is 3.41. The fourth-order valence-electron chi connectivity index (χ4n) is 3.51. The van der Waals surface area contributed by atoms with Crippen LogP contribution in [0.15, 0.2) is 12.1 Å². The average molecular weight is 290 g/mol. The molecule has 0 bridgehead atoms. The van der Waals surface area contributed by atoms with Gasteiger partial charge in [0.05, 0.1) is 14.2 Å². The zero-order valence-electron chi connectivity index (χ0n) is 13.3. The molecule has 21 heavy (non-hydrogen) atoms. The first kappa shape index (κ1) is 14.7. The Morgan fingerprint density at radius 2 is 1.81 bits per heavy atom. The van der Waals surface area contributed by atoms with E-state index in [0.29, 0.717) is 12.1 Å². The third-order valence-corrected chi connectivity index (χ3v) is 4.90. The summed E-state index contributed by atoms with van der Waals surface area (Å²) in [5, 5.41) is 3.61. The van der Waals surface area contributed by atoms with Gasteiger partial charge in [-0.3, -0.25) is 4.90 Å². The molecule has 1 N–H and O–H groups in total. The van der Waals surface area contributed by atoms with E-state index in [4.69, 9.17) is 9.47 Å². The zero-order valence-corrected chi connectivity index (χ0v) is 13.3. The van der Waals surface area contributed by atoms with E-state index in [1.54, 1.807) is 14.2 Å². The monoisotopic (exact) mass is 290 g/mol. The molecule has 0 spiro atoms. The van der Waals surface area contributed by atoms with Gasteiger partial charge in [0, 0.05) is 31.7 Å². The molecule has 4 nitrogen and oxygen atoms in total. The SMILES string of the molecule is COc1cc2c(cc1OC)CN(C1CCC(C)NC1)CC2. The Morgan fingerprint density at radius 3 is 2.43 bits per heavy atom. The van der Waals surface area contributed by atoms with E-state index in [9.17, 15) is 0 Å². The predicted octanol–water partition coefficient (Wildman–Crippen LogP) is 2.20. The highest BCUT2D eigenvalue weighted by molar-refractivity contribution is 5.48. The number of nitrogens with zero attached hydrogens (tertiary/aromatic N) is 1. The summed E-state index contributed by atoms with van der Waals surface area (Å²) in [5.74, 6) is 1.69. The molecule has 1 fully saturated rings. The van der Waals surface area contributed by atoms with Gasteiger partial charge in [-0.1, -0.05) is 0 Å². The van der Waals surface area contributed by atoms with E-state index in [-0.39, 0.29) is 0 Å². The van der Waals surface area contributed by atoms with E-state index in [1.807, 2.05) is 0 Å². The fourth-order valence-corrected chi connectivity index (χ4v) is 3.51. The number of benzene rings is 1. The number of methoxy groups -OCH3 is 2. The Morgan fingerprint density at radius 1 is 1.10 bits per heavy atom. The van der Waals surface area contributed by atoms with Crippen LogP contribution in [0, 0.1) is 0 Å². The smallest absolute Gasteiger partial charge is 0.161 e. The minimum Gasteiger partial charge on any atom is -0.493 e. The van der Waals surface area contributed by atoms with Crippen molar-refractivity contribution in [3.63, 3.8) is 0 Å². The van der Waals surface area contributed by atoms with E-state index < -0.39 is 0 Å². The second-order valence-corrected chi connectivity index (χ2v) is 6.24. The second kappa shape index (κ2) is 6.24. The zero-order chi connectivity index (χ0) is 14.8. The summed E-state index contributed by atoms with van der Waals surface area (Å²) in [4.78, 5) is 2.62. The van der Waals surface area contributed by atoms with Crippen molar-refractivity contribution in [3.05, 3.63) is 23.3 Å². The van der Waals surface area contributed by atoms with Crippen molar-refractivity contribution in [2.24, 2.45) is 0 Å². The molecule has 0 amide bonds. The lowest BCUT2D eigenvalue weighted by atomic mass is 9.94. The number of piperidine rings is 1. The minimum atomic E-state index is 0.669. The highest BCUT2D eigenvalue weighted by Gasteiger charge is 2.27. The largest absolute Gasteiger partial charge is 0.493 e. The summed E-state index contributed by atoms with van der Waals surface area (Å²) in [6, 6.07) is 5.64. The van der Waals surface area contributed by atoms with Crippen LogP contribution in [0.4, 0.5) is 0 Å². The predicted molar refractivity (Wildman–Crippen MR) is 84.1 cm³/mol. The van der Waals surface area contributed by atoms with Gasteiger partial charge in [0.15, 0.2) is 11.5 Å². The van der Waals surface area contributed by atoms with Gasteiger partial charge >= 0.3 is 0 Å². The first-order chi connectivity index (χ1) is 10.2. The van der Waals surface area contributed by atoms with Crippen LogP contribution in [-0.2, 0) is 13.0 Å². The van der Waals surface area contributed by atoms with Crippen LogP contribution in [0.2, 0.25) is 0 Å². The number of ether oxygens (including phenoxy) is 2. The molecule has 4 heteroatoms. The third-order valence-electron chi connectivity index (χ3n) is 4.90. The molecule has 0 radical (unpaired) electrons. The minimum absolute atomic E-state index is 0.669. The number of hydrogen-bond donors (Lipinski definition) is 1. The molecule has 1 saturated heterocycles. The summed E-state index contributed by atoms with van der Waals surface area (Å²) < 4.78 is 10.8. The molecule has 1 aromatic rings. The molecule has 2 aliphatic rings. The molecule has 116 valence electrons. The number of nitrogens with one attached hydrogen (secondary N) is 1. The maximum atomic E-state index is 5.44. The van der Waals surface area contributed by atoms with Crippen LogP contribution in [-0.4, -0.2) is 44.3 Å². The Labute approximate surface area is 127 Å². The lowest BCUT2D eigenvalue weighted by Gasteiger charge is -2.39. The molecule has 2 atom stereocenters. The van der Waals surface area contributed by atoms with Crippen molar-refractivity contribution in [3.8, 4) is 11.5 Å². The summed E-state index contributed by atoms with van der Waals surface area (Å²) in [5.41, 5.74) is 2.79. The van der Waals surface area contributed by atoms with Crippen LogP contribution < -0.4 is 14.8 Å². The van der Waals surface area contributed by atoms with Crippen molar-refractivity contribution in [2.75, 3.05) is 27.3 Å². The maximum Gasteiger partial charge on any atom is 0.161 e. The number of hydrogen-bond acceptors (Lipinski definition) is 4. The quantitative estimate of drug-likeness (QED) is 0.925. The Balaban J connectivity index is 1.75. The normalized spacial score (nSPS) is 26.2. The van der Waals surface area contributed by atoms with E-state index >= 15 is 0 Å². The fraction of sp³-hybridized carbons (Fsp3) is 0.647. The number of fused-ring (bicyclic) bond motifs is 1. The van der Waals surface area contributed by atoms with Crippen molar-refractivity contribution < 1.29 is 9.47 Å². The first-order valence-electron chi connectivity index (χ1n) is 7.92. The number of rotatable bonds is 3. The topological polar surface area (TPSA) is 33.7 Å². The van der Waals surface area contributed by atoms with Crippen molar-refractivity contribution in [1.82, 2.24) is 10.2 Å². The molecular weight excluding hydrogens is 264 g/mol. The van der Waals surface area contributed by atoms with Gasteiger partial charge in [0.2, 0.25) is 0 Å². The van der Waals surface area contributed by atoms with Gasteiger partial charge in [-0.2, -0.15) is 0 Å². The first-order valence-corrected chi connectivity index (χ1v) is 7.92. The molecule has 0 aromatic heterocycles. The summed E-state index contributed by atoms with van der Waals surface area (Å²) >= 11 is 0. The molecule has 2 unspecified atom stereocenters. The standard InChI is InChI=1S/C17H26N2O2/c1-12-4-5-15(10-18-12)19-7-6-13-8-16(20-2)17(21-3)9-14(13)11-19/h8-9,12,15,18H,4-7,10-11H2,1-3H3. The maximum absolute atomic E-state index is 5.44. The van der Waals surface area contributed by atoms with E-state index in [0.717, 1.165) is 37.6 Å². The van der Waals surface area contributed by atoms with Gasteiger partial charge in [-0.25, -0.2) is 0 Å². The third kappa shape index (κ3) is 3.01. The highest BCUT2D eigenvalue weighted by atomic mass is 16.5. The van der Waals surface area contributed by atoms with Crippen molar-refractivity contribution in [2.45, 2.75) is 44.8 Å². The van der Waals surface area contributed by atoms with Gasteiger partial charge in [-0.05, 0) is 49.4 Å². The van der Waals surface area contributed by atoms with Gasteiger partial charge in [0.1, 0.15) is 0 Å². The highest BCUT2D eigenvalue weighted by Crippen LogP contribution is 2.34. The second-order valence-electron chi connectivity index (χ2n) is 6.24. The molecule has 0 aliphatic carbocycles. The van der Waals surface area contributed by atoms with Crippen LogP contribution in [0.25, 0.3) is 0 Å². The van der Waals surface area contributed by atoms with E-state index in [1.165, 1.54) is 24.0 Å². The molecule has 3 rings (SSSR count). The lowest BCUT2D eigenvalue weighted by molar-refractivity contribution is 0.140. The molecular formula is C17H26N2O2. The Kier molecular flexibility index (Phi) is 4.36. The molecule has 2 aliphatic heterocycles. The molecule has 0 saturated carbocycles. The van der Waals surface area contributed by atoms with Crippen molar-refractivity contribution in [1.29, 1.82) is 0 Å². The van der Waals surface area contributed by atoms with Crippen LogP contribution >= 0.6 is 0 Å². The average Bonchev–Trinajstić information content (AvgIpc) is 2.53. The van der Waals surface area contributed by atoms with Gasteiger partial charge < -0.3 is 14.8 Å². The van der Waals surface area contributed by atoms with Gasteiger partial charge in [-0.15, -0.1) is 0 Å². The summed E-state index contributed by atoms with van der Waals surface area (Å²) in [6.45, 7) is 5.56. The Bertz CT molecular complexity index is 496. The summed E-state index contributed by atoms with van der Waals surface area (Å²) in [6.07, 6.45) is 3.68. The van der Waals surface area contributed by atoms with Crippen LogP contribution in [0.1, 0.15) is 30.9 Å². The Hall–Kier alpha value is -1.26. The molecule has 2 heterocycles. The van der Waals surface area contributed by atoms with Crippen LogP contribution in [0.3, 0.4) is 0 Å². The van der Waals surface area contributed by atoms with Crippen molar-refractivity contribution >= 4 is 0 Å². The van der Waals surface area contributed by atoms with Crippen LogP contribution in [0.5, 0.6) is 11.5 Å². The molecule has 1 aromatic carbocycles. The van der Waals surface area contributed by atoms with E-state index in [2.05, 4.69) is 29.3 Å².